The number of amides is 1. The largest absolute Gasteiger partial charge is 0.494 e. The Morgan fingerprint density at radius 3 is 2.66 bits per heavy atom. The van der Waals surface area contributed by atoms with E-state index < -0.39 is 0 Å². The lowest BCUT2D eigenvalue weighted by molar-refractivity contribution is -0.127. The Kier molecular flexibility index (Phi) is 6.00. The van der Waals surface area contributed by atoms with Crippen molar-refractivity contribution in [2.45, 2.75) is 45.2 Å². The maximum absolute atomic E-state index is 12.7. The highest BCUT2D eigenvalue weighted by Crippen LogP contribution is 2.47. The van der Waals surface area contributed by atoms with E-state index >= 15 is 0 Å². The first-order valence-corrected chi connectivity index (χ1v) is 10.5. The van der Waals surface area contributed by atoms with E-state index in [1.54, 1.807) is 6.20 Å². The van der Waals surface area contributed by atoms with Crippen LogP contribution in [0.4, 0.5) is 0 Å². The van der Waals surface area contributed by atoms with Crippen molar-refractivity contribution in [1.82, 2.24) is 10.3 Å². The Morgan fingerprint density at radius 2 is 1.93 bits per heavy atom. The van der Waals surface area contributed by atoms with E-state index in [9.17, 15) is 4.79 Å². The molecule has 29 heavy (non-hydrogen) atoms. The van der Waals surface area contributed by atoms with Crippen molar-refractivity contribution >= 4 is 5.91 Å². The van der Waals surface area contributed by atoms with Crippen LogP contribution >= 0.6 is 0 Å². The first kappa shape index (κ1) is 19.7. The summed E-state index contributed by atoms with van der Waals surface area (Å²) >= 11 is 0. The van der Waals surface area contributed by atoms with Crippen LogP contribution in [0.25, 0.3) is 0 Å². The molecule has 2 aliphatic carbocycles. The van der Waals surface area contributed by atoms with Crippen LogP contribution in [0.3, 0.4) is 0 Å². The van der Waals surface area contributed by atoms with Crippen molar-refractivity contribution in [3.8, 4) is 17.4 Å². The maximum atomic E-state index is 12.7. The number of nitrogens with two attached hydrogens (primary N) is 1. The standard InChI is InChI=1S/C23H29N3O3/c1-2-12-28-18-7-9-19(10-8-18)29-23-17(4-3-11-25-23)14-26-22(27)20-15-5-6-16(13-15)21(20)24/h3-4,7-11,15-16,20-21H,2,5-6,12-14,24H2,1H3,(H,26,27). The fourth-order valence-electron chi connectivity index (χ4n) is 4.61. The molecule has 2 aromatic rings. The van der Waals surface area contributed by atoms with Gasteiger partial charge in [0.25, 0.3) is 0 Å². The number of hydrogen-bond donors (Lipinski definition) is 2. The number of benzene rings is 1. The van der Waals surface area contributed by atoms with Crippen LogP contribution in [0, 0.1) is 17.8 Å². The Morgan fingerprint density at radius 1 is 1.17 bits per heavy atom. The van der Waals surface area contributed by atoms with Crippen LogP contribution in [0.1, 0.15) is 38.2 Å². The lowest BCUT2D eigenvalue weighted by Gasteiger charge is -2.27. The molecule has 4 unspecified atom stereocenters. The highest BCUT2D eigenvalue weighted by atomic mass is 16.5. The van der Waals surface area contributed by atoms with E-state index in [0.29, 0.717) is 36.6 Å². The van der Waals surface area contributed by atoms with Crippen LogP contribution in [0.2, 0.25) is 0 Å². The molecule has 0 aliphatic heterocycles. The second kappa shape index (κ2) is 8.82. The Bertz CT molecular complexity index is 838. The molecule has 4 rings (SSSR count). The quantitative estimate of drug-likeness (QED) is 0.712. The monoisotopic (exact) mass is 395 g/mol. The summed E-state index contributed by atoms with van der Waals surface area (Å²) in [6.07, 6.45) is 6.03. The number of hydrogen-bond acceptors (Lipinski definition) is 5. The van der Waals surface area contributed by atoms with Crippen molar-refractivity contribution in [2.24, 2.45) is 23.5 Å². The predicted octanol–water partition coefficient (Wildman–Crippen LogP) is 3.65. The second-order valence-electron chi connectivity index (χ2n) is 8.04. The number of carbonyl (C=O) groups is 1. The van der Waals surface area contributed by atoms with E-state index in [1.807, 2.05) is 36.4 Å². The molecule has 1 heterocycles. The van der Waals surface area contributed by atoms with Gasteiger partial charge in [0.15, 0.2) is 0 Å². The van der Waals surface area contributed by atoms with E-state index in [-0.39, 0.29) is 17.9 Å². The average molecular weight is 396 g/mol. The molecule has 2 saturated carbocycles. The number of rotatable bonds is 8. The molecule has 0 saturated heterocycles. The van der Waals surface area contributed by atoms with Gasteiger partial charge in [-0.05, 0) is 67.9 Å². The van der Waals surface area contributed by atoms with Crippen LogP contribution < -0.4 is 20.5 Å². The number of pyridine rings is 1. The second-order valence-corrected chi connectivity index (χ2v) is 8.04. The minimum absolute atomic E-state index is 0.00758. The number of nitrogens with zero attached hydrogens (tertiary/aromatic N) is 1. The minimum Gasteiger partial charge on any atom is -0.494 e. The molecule has 2 fully saturated rings. The molecule has 0 spiro atoms. The normalized spacial score (nSPS) is 25.0. The number of fused-ring (bicyclic) bond motifs is 2. The van der Waals surface area contributed by atoms with Crippen LogP contribution in [0.5, 0.6) is 17.4 Å². The van der Waals surface area contributed by atoms with Crippen LogP contribution in [-0.2, 0) is 11.3 Å². The number of carbonyl (C=O) groups excluding carboxylic acids is 1. The molecule has 6 heteroatoms. The summed E-state index contributed by atoms with van der Waals surface area (Å²) in [6, 6.07) is 11.2. The van der Waals surface area contributed by atoms with Gasteiger partial charge in [0, 0.05) is 24.3 Å². The molecule has 2 bridgehead atoms. The van der Waals surface area contributed by atoms with Crippen molar-refractivity contribution < 1.29 is 14.3 Å². The number of nitrogens with one attached hydrogen (secondary N) is 1. The third-order valence-electron chi connectivity index (χ3n) is 6.10. The Hall–Kier alpha value is -2.60. The van der Waals surface area contributed by atoms with Gasteiger partial charge >= 0.3 is 0 Å². The van der Waals surface area contributed by atoms with Gasteiger partial charge < -0.3 is 20.5 Å². The van der Waals surface area contributed by atoms with Crippen LogP contribution in [0.15, 0.2) is 42.6 Å². The molecule has 1 aromatic carbocycles. The van der Waals surface area contributed by atoms with Crippen molar-refractivity contribution in [3.63, 3.8) is 0 Å². The fourth-order valence-corrected chi connectivity index (χ4v) is 4.61. The lowest BCUT2D eigenvalue weighted by Crippen LogP contribution is -2.45. The third-order valence-corrected chi connectivity index (χ3v) is 6.10. The van der Waals surface area contributed by atoms with E-state index in [0.717, 1.165) is 30.6 Å². The third kappa shape index (κ3) is 4.37. The predicted molar refractivity (Wildman–Crippen MR) is 111 cm³/mol. The van der Waals surface area contributed by atoms with E-state index in [1.165, 1.54) is 6.42 Å². The number of aromatic nitrogens is 1. The lowest BCUT2D eigenvalue weighted by atomic mass is 9.84. The summed E-state index contributed by atoms with van der Waals surface area (Å²) in [5, 5.41) is 3.06. The van der Waals surface area contributed by atoms with Crippen molar-refractivity contribution in [1.29, 1.82) is 0 Å². The minimum atomic E-state index is -0.0644. The summed E-state index contributed by atoms with van der Waals surface area (Å²) in [6.45, 7) is 3.14. The smallest absolute Gasteiger partial charge is 0.225 e. The maximum Gasteiger partial charge on any atom is 0.225 e. The molecule has 154 valence electrons. The highest BCUT2D eigenvalue weighted by molar-refractivity contribution is 5.80. The van der Waals surface area contributed by atoms with Gasteiger partial charge in [0.2, 0.25) is 11.8 Å². The Labute approximate surface area is 171 Å². The summed E-state index contributed by atoms with van der Waals surface area (Å²) in [4.78, 5) is 17.1. The zero-order chi connectivity index (χ0) is 20.2. The molecule has 6 nitrogen and oxygen atoms in total. The summed E-state index contributed by atoms with van der Waals surface area (Å²) in [7, 11) is 0. The molecule has 1 aromatic heterocycles. The highest BCUT2D eigenvalue weighted by Gasteiger charge is 2.48. The van der Waals surface area contributed by atoms with E-state index in [4.69, 9.17) is 15.2 Å². The van der Waals surface area contributed by atoms with Gasteiger partial charge in [-0.2, -0.15) is 0 Å². The summed E-state index contributed by atoms with van der Waals surface area (Å²) in [5.74, 6) is 2.92. The van der Waals surface area contributed by atoms with Gasteiger partial charge in [-0.1, -0.05) is 13.0 Å². The molecule has 2 aliphatic rings. The van der Waals surface area contributed by atoms with Gasteiger partial charge in [0.1, 0.15) is 11.5 Å². The van der Waals surface area contributed by atoms with Crippen molar-refractivity contribution in [2.75, 3.05) is 6.61 Å². The van der Waals surface area contributed by atoms with Crippen LogP contribution in [-0.4, -0.2) is 23.5 Å². The fraction of sp³-hybridized carbons (Fsp3) is 0.478. The molecule has 3 N–H and O–H groups in total. The van der Waals surface area contributed by atoms with Gasteiger partial charge in [-0.3, -0.25) is 4.79 Å². The van der Waals surface area contributed by atoms with Gasteiger partial charge in [-0.15, -0.1) is 0 Å². The summed E-state index contributed by atoms with van der Waals surface area (Å²) < 4.78 is 11.6. The summed E-state index contributed by atoms with van der Waals surface area (Å²) in [5.41, 5.74) is 7.14. The molecular weight excluding hydrogens is 366 g/mol. The van der Waals surface area contributed by atoms with Gasteiger partial charge in [0.05, 0.1) is 12.5 Å². The SMILES string of the molecule is CCCOc1ccc(Oc2ncccc2CNC(=O)C2C3CCC(C3)C2N)cc1. The average Bonchev–Trinajstić information content (AvgIpc) is 3.34. The molecule has 4 atom stereocenters. The first-order chi connectivity index (χ1) is 14.2. The molecular formula is C23H29N3O3. The number of ether oxygens (including phenoxy) is 2. The zero-order valence-electron chi connectivity index (χ0n) is 16.8. The van der Waals surface area contributed by atoms with E-state index in [2.05, 4.69) is 17.2 Å². The topological polar surface area (TPSA) is 86.5 Å². The Balaban J connectivity index is 1.37. The molecule has 0 radical (unpaired) electrons. The van der Waals surface area contributed by atoms with Gasteiger partial charge in [-0.25, -0.2) is 4.98 Å². The van der Waals surface area contributed by atoms with Crippen molar-refractivity contribution in [3.05, 3.63) is 48.2 Å². The first-order valence-electron chi connectivity index (χ1n) is 10.5. The zero-order valence-corrected chi connectivity index (χ0v) is 16.8. The molecule has 1 amide bonds.